The fourth-order valence-corrected chi connectivity index (χ4v) is 1.95. The summed E-state index contributed by atoms with van der Waals surface area (Å²) >= 11 is 0. The summed E-state index contributed by atoms with van der Waals surface area (Å²) in [7, 11) is 0. The van der Waals surface area contributed by atoms with Crippen molar-refractivity contribution in [3.63, 3.8) is 0 Å². The van der Waals surface area contributed by atoms with Crippen LogP contribution in [0, 0.1) is 24.0 Å². The standard InChI is InChI=1S/C16H17N3O3/c1-11-3-6-13(7-4-11)17-10-16(20)18-14-8-5-12(2)9-15(14)19(21)22/h3-9,17H,10H2,1-2H3,(H,18,20). The van der Waals surface area contributed by atoms with Gasteiger partial charge in [0.2, 0.25) is 5.91 Å². The second-order valence-corrected chi connectivity index (χ2v) is 5.05. The Hall–Kier alpha value is -2.89. The first kappa shape index (κ1) is 15.5. The number of nitrogens with one attached hydrogen (secondary N) is 2. The lowest BCUT2D eigenvalue weighted by atomic mass is 10.2. The van der Waals surface area contributed by atoms with Gasteiger partial charge in [-0.1, -0.05) is 23.8 Å². The van der Waals surface area contributed by atoms with Crippen molar-refractivity contribution in [2.24, 2.45) is 0 Å². The van der Waals surface area contributed by atoms with Crippen LogP contribution in [0.25, 0.3) is 0 Å². The van der Waals surface area contributed by atoms with E-state index in [0.717, 1.165) is 16.8 Å². The Kier molecular flexibility index (Phi) is 4.73. The van der Waals surface area contributed by atoms with Crippen LogP contribution in [0.5, 0.6) is 0 Å². The zero-order chi connectivity index (χ0) is 16.1. The molecule has 2 N–H and O–H groups in total. The lowest BCUT2D eigenvalue weighted by Gasteiger charge is -2.09. The van der Waals surface area contributed by atoms with Crippen molar-refractivity contribution in [2.75, 3.05) is 17.2 Å². The Morgan fingerprint density at radius 3 is 2.36 bits per heavy atom. The number of nitrogens with zero attached hydrogens (tertiary/aromatic N) is 1. The number of nitro groups is 1. The molecule has 0 unspecified atom stereocenters. The van der Waals surface area contributed by atoms with E-state index in [-0.39, 0.29) is 23.8 Å². The number of anilines is 2. The molecule has 6 nitrogen and oxygen atoms in total. The van der Waals surface area contributed by atoms with E-state index in [1.54, 1.807) is 13.0 Å². The molecule has 2 aromatic rings. The molecule has 0 fully saturated rings. The van der Waals surface area contributed by atoms with Crippen molar-refractivity contribution in [3.05, 3.63) is 63.7 Å². The number of hydrogen-bond donors (Lipinski definition) is 2. The molecule has 0 saturated heterocycles. The molecular weight excluding hydrogens is 282 g/mol. The van der Waals surface area contributed by atoms with Gasteiger partial charge in [-0.15, -0.1) is 0 Å². The van der Waals surface area contributed by atoms with E-state index >= 15 is 0 Å². The topological polar surface area (TPSA) is 84.3 Å². The van der Waals surface area contributed by atoms with Crippen LogP contribution in [-0.2, 0) is 4.79 Å². The first-order chi connectivity index (χ1) is 10.5. The highest BCUT2D eigenvalue weighted by atomic mass is 16.6. The first-order valence-electron chi connectivity index (χ1n) is 6.81. The van der Waals surface area contributed by atoms with E-state index in [4.69, 9.17) is 0 Å². The summed E-state index contributed by atoms with van der Waals surface area (Å²) < 4.78 is 0. The van der Waals surface area contributed by atoms with Gasteiger partial charge in [-0.05, 0) is 37.6 Å². The van der Waals surface area contributed by atoms with E-state index in [9.17, 15) is 14.9 Å². The van der Waals surface area contributed by atoms with Crippen molar-refractivity contribution >= 4 is 23.0 Å². The van der Waals surface area contributed by atoms with Gasteiger partial charge in [0.15, 0.2) is 0 Å². The molecule has 0 aromatic heterocycles. The molecule has 2 aromatic carbocycles. The molecule has 0 heterocycles. The van der Waals surface area contributed by atoms with Gasteiger partial charge in [-0.3, -0.25) is 14.9 Å². The summed E-state index contributed by atoms with van der Waals surface area (Å²) in [6, 6.07) is 12.3. The van der Waals surface area contributed by atoms with Crippen molar-refractivity contribution in [2.45, 2.75) is 13.8 Å². The van der Waals surface area contributed by atoms with Crippen LogP contribution in [0.15, 0.2) is 42.5 Å². The van der Waals surface area contributed by atoms with E-state index in [0.29, 0.717) is 0 Å². The molecule has 114 valence electrons. The van der Waals surface area contributed by atoms with Crippen molar-refractivity contribution in [1.29, 1.82) is 0 Å². The summed E-state index contributed by atoms with van der Waals surface area (Å²) in [5, 5.41) is 16.5. The smallest absolute Gasteiger partial charge is 0.293 e. The lowest BCUT2D eigenvalue weighted by Crippen LogP contribution is -2.22. The quantitative estimate of drug-likeness (QED) is 0.655. The molecule has 2 rings (SSSR count). The van der Waals surface area contributed by atoms with E-state index in [1.165, 1.54) is 12.1 Å². The Balaban J connectivity index is 2.00. The van der Waals surface area contributed by atoms with Crippen LogP contribution in [0.1, 0.15) is 11.1 Å². The van der Waals surface area contributed by atoms with Crippen LogP contribution >= 0.6 is 0 Å². The number of nitro benzene ring substituents is 1. The second kappa shape index (κ2) is 6.71. The van der Waals surface area contributed by atoms with Crippen LogP contribution < -0.4 is 10.6 Å². The molecule has 0 radical (unpaired) electrons. The van der Waals surface area contributed by atoms with Gasteiger partial charge in [0, 0.05) is 11.8 Å². The van der Waals surface area contributed by atoms with Gasteiger partial charge in [0.05, 0.1) is 11.5 Å². The lowest BCUT2D eigenvalue weighted by molar-refractivity contribution is -0.384. The number of aryl methyl sites for hydroxylation is 2. The molecule has 0 spiro atoms. The SMILES string of the molecule is Cc1ccc(NCC(=O)Nc2ccc(C)cc2[N+](=O)[O-])cc1. The predicted molar refractivity (Wildman–Crippen MR) is 86.1 cm³/mol. The van der Waals surface area contributed by atoms with E-state index in [2.05, 4.69) is 10.6 Å². The maximum Gasteiger partial charge on any atom is 0.293 e. The van der Waals surface area contributed by atoms with Crippen LogP contribution in [0.2, 0.25) is 0 Å². The summed E-state index contributed by atoms with van der Waals surface area (Å²) in [5.41, 5.74) is 2.81. The molecule has 0 bridgehead atoms. The van der Waals surface area contributed by atoms with Crippen LogP contribution in [0.4, 0.5) is 17.1 Å². The number of carbonyl (C=O) groups is 1. The van der Waals surface area contributed by atoms with Gasteiger partial charge < -0.3 is 10.6 Å². The summed E-state index contributed by atoms with van der Waals surface area (Å²) in [6.07, 6.45) is 0. The average Bonchev–Trinajstić information content (AvgIpc) is 2.48. The van der Waals surface area contributed by atoms with Gasteiger partial charge >= 0.3 is 0 Å². The fourth-order valence-electron chi connectivity index (χ4n) is 1.95. The average molecular weight is 299 g/mol. The third-order valence-electron chi connectivity index (χ3n) is 3.13. The molecule has 1 amide bonds. The number of amides is 1. The highest BCUT2D eigenvalue weighted by Crippen LogP contribution is 2.25. The number of benzene rings is 2. The number of rotatable bonds is 5. The number of carbonyl (C=O) groups excluding carboxylic acids is 1. The minimum atomic E-state index is -0.504. The minimum Gasteiger partial charge on any atom is -0.376 e. The highest BCUT2D eigenvalue weighted by Gasteiger charge is 2.15. The summed E-state index contributed by atoms with van der Waals surface area (Å²) in [4.78, 5) is 22.4. The van der Waals surface area contributed by atoms with Gasteiger partial charge in [0.1, 0.15) is 5.69 Å². The predicted octanol–water partition coefficient (Wildman–Crippen LogP) is 3.26. The molecule has 0 aliphatic rings. The zero-order valence-electron chi connectivity index (χ0n) is 12.4. The van der Waals surface area contributed by atoms with Crippen LogP contribution in [-0.4, -0.2) is 17.4 Å². The Morgan fingerprint density at radius 2 is 1.73 bits per heavy atom. The zero-order valence-corrected chi connectivity index (χ0v) is 12.4. The fraction of sp³-hybridized carbons (Fsp3) is 0.188. The maximum atomic E-state index is 11.9. The summed E-state index contributed by atoms with van der Waals surface area (Å²) in [5.74, 6) is -0.340. The van der Waals surface area contributed by atoms with E-state index in [1.807, 2.05) is 31.2 Å². The molecule has 0 saturated carbocycles. The normalized spacial score (nSPS) is 10.1. The van der Waals surface area contributed by atoms with E-state index < -0.39 is 4.92 Å². The highest BCUT2D eigenvalue weighted by molar-refractivity contribution is 5.95. The Bertz CT molecular complexity index is 696. The summed E-state index contributed by atoms with van der Waals surface area (Å²) in [6.45, 7) is 3.78. The van der Waals surface area contributed by atoms with Crippen molar-refractivity contribution in [3.8, 4) is 0 Å². The van der Waals surface area contributed by atoms with Gasteiger partial charge in [-0.2, -0.15) is 0 Å². The minimum absolute atomic E-state index is 0.0358. The Morgan fingerprint density at radius 1 is 1.09 bits per heavy atom. The van der Waals surface area contributed by atoms with Crippen molar-refractivity contribution in [1.82, 2.24) is 0 Å². The van der Waals surface area contributed by atoms with Gasteiger partial charge in [-0.25, -0.2) is 0 Å². The third kappa shape index (κ3) is 4.05. The van der Waals surface area contributed by atoms with Gasteiger partial charge in [0.25, 0.3) is 5.69 Å². The first-order valence-corrected chi connectivity index (χ1v) is 6.81. The maximum absolute atomic E-state index is 11.9. The largest absolute Gasteiger partial charge is 0.376 e. The van der Waals surface area contributed by atoms with Crippen LogP contribution in [0.3, 0.4) is 0 Å². The molecule has 22 heavy (non-hydrogen) atoms. The molecule has 0 aliphatic heterocycles. The Labute approximate surface area is 128 Å². The molecule has 0 aliphatic carbocycles. The number of hydrogen-bond acceptors (Lipinski definition) is 4. The van der Waals surface area contributed by atoms with Crippen molar-refractivity contribution < 1.29 is 9.72 Å². The third-order valence-corrected chi connectivity index (χ3v) is 3.13. The molecular formula is C16H17N3O3. The second-order valence-electron chi connectivity index (χ2n) is 5.05. The monoisotopic (exact) mass is 299 g/mol. The molecule has 6 heteroatoms. The molecule has 0 atom stereocenters.